The van der Waals surface area contributed by atoms with Gasteiger partial charge in [-0.25, -0.2) is 4.68 Å². The molecular formula is C18H14N4O3S. The second-order valence-electron chi connectivity index (χ2n) is 5.44. The number of esters is 1. The van der Waals surface area contributed by atoms with Crippen molar-refractivity contribution in [1.29, 1.82) is 0 Å². The predicted octanol–water partition coefficient (Wildman–Crippen LogP) is 3.27. The van der Waals surface area contributed by atoms with Gasteiger partial charge in [-0.2, -0.15) is 5.10 Å². The number of aromatic nitrogens is 4. The van der Waals surface area contributed by atoms with E-state index in [0.717, 1.165) is 16.1 Å². The van der Waals surface area contributed by atoms with Crippen LogP contribution in [0.2, 0.25) is 0 Å². The van der Waals surface area contributed by atoms with Crippen LogP contribution in [0.25, 0.3) is 16.5 Å². The Hall–Kier alpha value is -3.26. The van der Waals surface area contributed by atoms with Gasteiger partial charge in [-0.1, -0.05) is 24.3 Å². The highest BCUT2D eigenvalue weighted by Crippen LogP contribution is 2.23. The number of para-hydroxylation sites is 1. The molecule has 0 N–H and O–H groups in total. The Balaban J connectivity index is 1.33. The Morgan fingerprint density at radius 1 is 1.15 bits per heavy atom. The third-order valence-electron chi connectivity index (χ3n) is 3.56. The van der Waals surface area contributed by atoms with E-state index in [4.69, 9.17) is 9.15 Å². The third kappa shape index (κ3) is 3.70. The summed E-state index contributed by atoms with van der Waals surface area (Å²) in [6.45, 7) is -0.0516. The molecule has 3 aromatic heterocycles. The Morgan fingerprint density at radius 3 is 2.85 bits per heavy atom. The van der Waals surface area contributed by atoms with Gasteiger partial charge in [-0.15, -0.1) is 21.5 Å². The van der Waals surface area contributed by atoms with Crippen LogP contribution in [0.3, 0.4) is 0 Å². The normalized spacial score (nSPS) is 10.8. The summed E-state index contributed by atoms with van der Waals surface area (Å²) in [7, 11) is 0. The summed E-state index contributed by atoms with van der Waals surface area (Å²) in [6.07, 6.45) is 3.58. The molecule has 0 bridgehead atoms. The lowest BCUT2D eigenvalue weighted by molar-refractivity contribution is -0.144. The fraction of sp³-hybridized carbons (Fsp3) is 0.111. The molecule has 26 heavy (non-hydrogen) atoms. The fourth-order valence-corrected chi connectivity index (χ4v) is 2.99. The Kier molecular flexibility index (Phi) is 4.57. The van der Waals surface area contributed by atoms with Crippen molar-refractivity contribution in [2.45, 2.75) is 13.0 Å². The fourth-order valence-electron chi connectivity index (χ4n) is 2.34. The van der Waals surface area contributed by atoms with Crippen LogP contribution in [0.4, 0.5) is 0 Å². The minimum absolute atomic E-state index is 0.0516. The Morgan fingerprint density at radius 2 is 2.04 bits per heavy atom. The SMILES string of the molecule is O=C(Cc1cnn(-c2ccccc2)c1)OCc1nnc(-c2cccs2)o1. The first-order chi connectivity index (χ1) is 12.8. The van der Waals surface area contributed by atoms with Crippen molar-refractivity contribution in [1.82, 2.24) is 20.0 Å². The highest BCUT2D eigenvalue weighted by molar-refractivity contribution is 7.13. The van der Waals surface area contributed by atoms with E-state index in [1.165, 1.54) is 11.3 Å². The molecule has 0 radical (unpaired) electrons. The summed E-state index contributed by atoms with van der Waals surface area (Å²) in [5, 5.41) is 14.0. The molecule has 0 saturated heterocycles. The zero-order chi connectivity index (χ0) is 17.8. The van der Waals surface area contributed by atoms with Crippen LogP contribution in [-0.4, -0.2) is 25.9 Å². The molecule has 0 saturated carbocycles. The number of rotatable bonds is 6. The number of carbonyl (C=O) groups is 1. The minimum Gasteiger partial charge on any atom is -0.455 e. The van der Waals surface area contributed by atoms with Crippen molar-refractivity contribution in [2.75, 3.05) is 0 Å². The van der Waals surface area contributed by atoms with Crippen LogP contribution < -0.4 is 0 Å². The molecule has 4 aromatic rings. The lowest BCUT2D eigenvalue weighted by Gasteiger charge is -2.01. The molecule has 1 aromatic carbocycles. The van der Waals surface area contributed by atoms with Gasteiger partial charge >= 0.3 is 5.97 Å². The largest absolute Gasteiger partial charge is 0.455 e. The molecule has 0 aliphatic rings. The molecule has 8 heteroatoms. The van der Waals surface area contributed by atoms with E-state index in [1.807, 2.05) is 47.8 Å². The number of carbonyl (C=O) groups excluding carboxylic acids is 1. The smallest absolute Gasteiger partial charge is 0.310 e. The van der Waals surface area contributed by atoms with Crippen molar-refractivity contribution in [2.24, 2.45) is 0 Å². The van der Waals surface area contributed by atoms with Crippen molar-refractivity contribution >= 4 is 17.3 Å². The first kappa shape index (κ1) is 16.2. The van der Waals surface area contributed by atoms with Gasteiger partial charge in [-0.05, 0) is 23.6 Å². The maximum Gasteiger partial charge on any atom is 0.310 e. The van der Waals surface area contributed by atoms with Crippen LogP contribution in [0.5, 0.6) is 0 Å². The van der Waals surface area contributed by atoms with Gasteiger partial charge in [0.05, 0.1) is 23.2 Å². The van der Waals surface area contributed by atoms with Crippen molar-refractivity contribution in [3.05, 3.63) is 71.7 Å². The molecule has 0 spiro atoms. The quantitative estimate of drug-likeness (QED) is 0.487. The van der Waals surface area contributed by atoms with Gasteiger partial charge in [0.25, 0.3) is 11.8 Å². The lowest BCUT2D eigenvalue weighted by Crippen LogP contribution is -2.07. The molecule has 0 aliphatic carbocycles. The summed E-state index contributed by atoms with van der Waals surface area (Å²) in [6, 6.07) is 13.5. The van der Waals surface area contributed by atoms with E-state index in [0.29, 0.717) is 5.89 Å². The van der Waals surface area contributed by atoms with E-state index in [1.54, 1.807) is 17.1 Å². The van der Waals surface area contributed by atoms with E-state index >= 15 is 0 Å². The standard InChI is InChI=1S/C18H14N4O3S/c23-17(9-13-10-19-22(11-13)14-5-2-1-3-6-14)24-12-16-20-21-18(25-16)15-7-4-8-26-15/h1-8,10-11H,9,12H2. The minimum atomic E-state index is -0.381. The summed E-state index contributed by atoms with van der Waals surface area (Å²) < 4.78 is 12.4. The van der Waals surface area contributed by atoms with Crippen LogP contribution in [-0.2, 0) is 22.6 Å². The van der Waals surface area contributed by atoms with Crippen LogP contribution >= 0.6 is 11.3 Å². The average molecular weight is 366 g/mol. The van der Waals surface area contributed by atoms with Crippen molar-refractivity contribution in [3.8, 4) is 16.5 Å². The van der Waals surface area contributed by atoms with Crippen LogP contribution in [0.15, 0.2) is 64.7 Å². The van der Waals surface area contributed by atoms with Crippen molar-refractivity contribution in [3.63, 3.8) is 0 Å². The summed E-state index contributed by atoms with van der Waals surface area (Å²) in [4.78, 5) is 12.9. The maximum atomic E-state index is 12.0. The topological polar surface area (TPSA) is 83.0 Å². The molecular weight excluding hydrogens is 352 g/mol. The number of hydrogen-bond donors (Lipinski definition) is 0. The summed E-state index contributed by atoms with van der Waals surface area (Å²) >= 11 is 1.50. The van der Waals surface area contributed by atoms with Gasteiger partial charge in [0.1, 0.15) is 0 Å². The van der Waals surface area contributed by atoms with E-state index in [-0.39, 0.29) is 24.9 Å². The average Bonchev–Trinajstić information content (AvgIpc) is 3.41. The van der Waals surface area contributed by atoms with Gasteiger partial charge in [0.2, 0.25) is 0 Å². The number of ether oxygens (including phenoxy) is 1. The summed E-state index contributed by atoms with van der Waals surface area (Å²) in [5.74, 6) is 0.311. The lowest BCUT2D eigenvalue weighted by atomic mass is 10.2. The first-order valence-corrected chi connectivity index (χ1v) is 8.77. The number of thiophene rings is 1. The van der Waals surface area contributed by atoms with Gasteiger partial charge in [0, 0.05) is 11.8 Å². The molecule has 0 fully saturated rings. The van der Waals surface area contributed by atoms with Crippen LogP contribution in [0.1, 0.15) is 11.5 Å². The first-order valence-electron chi connectivity index (χ1n) is 7.89. The molecule has 0 aliphatic heterocycles. The molecule has 4 rings (SSSR count). The highest BCUT2D eigenvalue weighted by atomic mass is 32.1. The Bertz CT molecular complexity index is 993. The Labute approximate surface area is 152 Å². The zero-order valence-electron chi connectivity index (χ0n) is 13.6. The van der Waals surface area contributed by atoms with Gasteiger partial charge in [-0.3, -0.25) is 4.79 Å². The summed E-state index contributed by atoms with van der Waals surface area (Å²) in [5.41, 5.74) is 1.70. The van der Waals surface area contributed by atoms with Gasteiger partial charge in [0.15, 0.2) is 6.61 Å². The number of nitrogens with zero attached hydrogens (tertiary/aromatic N) is 4. The van der Waals surface area contributed by atoms with Gasteiger partial charge < -0.3 is 9.15 Å². The van der Waals surface area contributed by atoms with E-state index in [9.17, 15) is 4.79 Å². The molecule has 0 unspecified atom stereocenters. The maximum absolute atomic E-state index is 12.0. The second-order valence-corrected chi connectivity index (χ2v) is 6.39. The molecule has 3 heterocycles. The van der Waals surface area contributed by atoms with Crippen molar-refractivity contribution < 1.29 is 13.9 Å². The highest BCUT2D eigenvalue weighted by Gasteiger charge is 2.13. The second kappa shape index (κ2) is 7.32. The zero-order valence-corrected chi connectivity index (χ0v) is 14.4. The number of hydrogen-bond acceptors (Lipinski definition) is 7. The predicted molar refractivity (Wildman–Crippen MR) is 94.7 cm³/mol. The van der Waals surface area contributed by atoms with E-state index < -0.39 is 0 Å². The molecule has 130 valence electrons. The number of benzene rings is 1. The molecule has 0 atom stereocenters. The van der Waals surface area contributed by atoms with Crippen LogP contribution in [0, 0.1) is 0 Å². The molecule has 7 nitrogen and oxygen atoms in total. The monoisotopic (exact) mass is 366 g/mol. The van der Waals surface area contributed by atoms with E-state index in [2.05, 4.69) is 15.3 Å². The third-order valence-corrected chi connectivity index (χ3v) is 4.42. The molecule has 0 amide bonds.